The summed E-state index contributed by atoms with van der Waals surface area (Å²) in [7, 11) is 2.99. The van der Waals surface area contributed by atoms with E-state index in [2.05, 4.69) is 67.4 Å². The minimum absolute atomic E-state index is 0.0665. The van der Waals surface area contributed by atoms with E-state index in [9.17, 15) is 20.0 Å². The molecule has 10 heteroatoms. The molecule has 1 amide bonds. The number of aliphatic hydroxyl groups is 2. The van der Waals surface area contributed by atoms with Gasteiger partial charge in [0, 0.05) is 48.8 Å². The van der Waals surface area contributed by atoms with Crippen molar-refractivity contribution in [2.75, 3.05) is 45.2 Å². The number of anilines is 1. The van der Waals surface area contributed by atoms with Crippen molar-refractivity contribution in [2.24, 2.45) is 5.41 Å². The Labute approximate surface area is 239 Å². The van der Waals surface area contributed by atoms with E-state index in [1.807, 2.05) is 11.9 Å². The van der Waals surface area contributed by atoms with Crippen LogP contribution in [0, 0.1) is 5.41 Å². The zero-order valence-corrected chi connectivity index (χ0v) is 25.1. The second kappa shape index (κ2) is 10.0. The van der Waals surface area contributed by atoms with Crippen molar-refractivity contribution in [3.8, 4) is 5.75 Å². The maximum absolute atomic E-state index is 14.1. The van der Waals surface area contributed by atoms with Crippen LogP contribution in [0.4, 0.5) is 5.69 Å². The first kappa shape index (κ1) is 29.4. The Morgan fingerprint density at radius 2 is 1.98 bits per heavy atom. The van der Waals surface area contributed by atoms with Crippen LogP contribution in [0.25, 0.3) is 0 Å². The Kier molecular flexibility index (Phi) is 7.36. The molecule has 1 aromatic rings. The molecular weight excluding hydrogens is 507 g/mol. The molecule has 4 aliphatic rings. The Bertz CT molecular complexity index is 1190. The van der Waals surface area contributed by atoms with Gasteiger partial charge in [0.2, 0.25) is 0 Å². The number of rotatable bonds is 8. The minimum Gasteiger partial charge on any atom is -0.496 e. The number of carbonyl (C=O) groups excluding carboxylic acids is 1. The lowest BCUT2D eigenvalue weighted by Crippen LogP contribution is -2.81. The van der Waals surface area contributed by atoms with Crippen LogP contribution in [0.3, 0.4) is 0 Å². The minimum atomic E-state index is -2.06. The number of fused-ring (bicyclic) bond motifs is 1. The van der Waals surface area contributed by atoms with Crippen LogP contribution in [-0.2, 0) is 15.6 Å². The number of likely N-dealkylation sites (N-methyl/N-ethyl adjacent to an activating group) is 1. The molecule has 1 saturated heterocycles. The maximum atomic E-state index is 14.1. The molecule has 40 heavy (non-hydrogen) atoms. The van der Waals surface area contributed by atoms with Crippen molar-refractivity contribution >= 4 is 18.6 Å². The monoisotopic (exact) mass is 554 g/mol. The lowest BCUT2D eigenvalue weighted by atomic mass is 9.47. The van der Waals surface area contributed by atoms with Crippen molar-refractivity contribution < 1.29 is 24.8 Å². The fourth-order valence-corrected chi connectivity index (χ4v) is 8.61. The average molecular weight is 555 g/mol. The van der Waals surface area contributed by atoms with Crippen molar-refractivity contribution in [3.63, 3.8) is 0 Å². The number of ether oxygens (including phenoxy) is 1. The Hall–Kier alpha value is -2.11. The third-order valence-electron chi connectivity index (χ3n) is 10.2. The molecule has 0 bridgehead atoms. The summed E-state index contributed by atoms with van der Waals surface area (Å²) >= 11 is 0. The zero-order chi connectivity index (χ0) is 29.3. The Balaban J connectivity index is 1.68. The van der Waals surface area contributed by atoms with Crippen LogP contribution < -0.4 is 20.2 Å². The second-order valence-electron chi connectivity index (χ2n) is 13.4. The van der Waals surface area contributed by atoms with Gasteiger partial charge in [0.1, 0.15) is 11.9 Å². The molecule has 1 aromatic carbocycles. The summed E-state index contributed by atoms with van der Waals surface area (Å²) in [6.07, 6.45) is 4.82. The Morgan fingerprint density at radius 1 is 1.25 bits per heavy atom. The van der Waals surface area contributed by atoms with E-state index in [1.54, 1.807) is 13.9 Å². The lowest BCUT2D eigenvalue weighted by Gasteiger charge is -2.63. The molecule has 9 nitrogen and oxygen atoms in total. The number of carbonyl (C=O) groups is 1. The number of nitrogens with zero attached hydrogens (tertiary/aromatic N) is 2. The number of amides is 1. The highest BCUT2D eigenvalue weighted by molar-refractivity contribution is 6.45. The highest BCUT2D eigenvalue weighted by atomic mass is 16.5. The number of benzene rings is 1. The van der Waals surface area contributed by atoms with E-state index in [-0.39, 0.29) is 11.5 Å². The molecule has 3 aliphatic heterocycles. The first-order valence-corrected chi connectivity index (χ1v) is 14.8. The molecule has 1 spiro atoms. The third kappa shape index (κ3) is 3.90. The third-order valence-corrected chi connectivity index (χ3v) is 10.2. The van der Waals surface area contributed by atoms with Gasteiger partial charge in [-0.3, -0.25) is 9.69 Å². The van der Waals surface area contributed by atoms with Gasteiger partial charge in [-0.2, -0.15) is 0 Å². The van der Waals surface area contributed by atoms with Crippen LogP contribution in [0.5, 0.6) is 5.75 Å². The number of hydrogen-bond acceptors (Lipinski definition) is 8. The lowest BCUT2D eigenvalue weighted by molar-refractivity contribution is -0.203. The van der Waals surface area contributed by atoms with Crippen molar-refractivity contribution in [2.45, 2.75) is 88.4 Å². The fourth-order valence-electron chi connectivity index (χ4n) is 8.61. The van der Waals surface area contributed by atoms with Crippen molar-refractivity contribution in [3.05, 3.63) is 35.4 Å². The molecule has 220 valence electrons. The quantitative estimate of drug-likeness (QED) is 0.186. The molecule has 1 aliphatic carbocycles. The summed E-state index contributed by atoms with van der Waals surface area (Å²) in [5.41, 5.74) is -0.448. The zero-order valence-electron chi connectivity index (χ0n) is 25.1. The van der Waals surface area contributed by atoms with Gasteiger partial charge in [0.15, 0.2) is 5.60 Å². The van der Waals surface area contributed by atoms with Gasteiger partial charge in [-0.1, -0.05) is 39.8 Å². The SMILES string of the molecule is CC[C@]12C=CCN3CCC4(c5cc(C(C)(C)C)c(OC)cc5N(C)C4[C@@](O)(C(=O)NCCCNB(C)O)[C@@H]1O)C32. The molecule has 3 unspecified atom stereocenters. The van der Waals surface area contributed by atoms with Crippen LogP contribution in [-0.4, -0.2) is 97.2 Å². The van der Waals surface area contributed by atoms with Crippen LogP contribution in [0.2, 0.25) is 6.82 Å². The summed E-state index contributed by atoms with van der Waals surface area (Å²) in [6, 6.07) is 3.58. The predicted molar refractivity (Wildman–Crippen MR) is 158 cm³/mol. The largest absolute Gasteiger partial charge is 0.496 e. The fraction of sp³-hybridized carbons (Fsp3) is 0.700. The topological polar surface area (TPSA) is 118 Å². The summed E-state index contributed by atoms with van der Waals surface area (Å²) < 4.78 is 5.87. The van der Waals surface area contributed by atoms with Gasteiger partial charge < -0.3 is 35.4 Å². The first-order valence-electron chi connectivity index (χ1n) is 14.8. The van der Waals surface area contributed by atoms with E-state index in [4.69, 9.17) is 4.74 Å². The molecule has 1 saturated carbocycles. The van der Waals surface area contributed by atoms with Gasteiger partial charge in [-0.25, -0.2) is 0 Å². The van der Waals surface area contributed by atoms with Crippen LogP contribution >= 0.6 is 0 Å². The molecule has 6 atom stereocenters. The van der Waals surface area contributed by atoms with Crippen molar-refractivity contribution in [1.82, 2.24) is 15.4 Å². The number of nitrogens with one attached hydrogen (secondary N) is 2. The molecule has 2 fully saturated rings. The first-order chi connectivity index (χ1) is 18.8. The molecule has 5 rings (SSSR count). The van der Waals surface area contributed by atoms with Crippen LogP contribution in [0.1, 0.15) is 58.1 Å². The van der Waals surface area contributed by atoms with Gasteiger partial charge >= 0.3 is 7.05 Å². The number of aliphatic hydroxyl groups excluding tert-OH is 1. The average Bonchev–Trinajstić information content (AvgIpc) is 3.41. The van der Waals surface area contributed by atoms with E-state index in [1.165, 1.54) is 0 Å². The second-order valence-corrected chi connectivity index (χ2v) is 13.4. The van der Waals surface area contributed by atoms with E-state index in [0.717, 1.165) is 42.1 Å². The summed E-state index contributed by atoms with van der Waals surface area (Å²) in [5, 5.41) is 40.3. The summed E-state index contributed by atoms with van der Waals surface area (Å²) in [5.74, 6) is 0.236. The molecule has 3 heterocycles. The molecule has 0 radical (unpaired) electrons. The highest BCUT2D eigenvalue weighted by Gasteiger charge is 2.78. The smallest absolute Gasteiger partial charge is 0.373 e. The van der Waals surface area contributed by atoms with Gasteiger partial charge in [0.25, 0.3) is 5.91 Å². The summed E-state index contributed by atoms with van der Waals surface area (Å²) in [4.78, 5) is 18.6. The van der Waals surface area contributed by atoms with Gasteiger partial charge in [-0.15, -0.1) is 0 Å². The standard InChI is InChI=1S/C30H47BN4O5/c1-8-28-11-9-15-35-16-12-29(23(28)35)19-17-20(27(2,3)4)22(40-7)18-21(19)34(6)24(29)30(38,25(28)36)26(37)32-13-10-14-33-31(5)39/h9,11,17-18,23-25,33,36,38-39H,8,10,12-16H2,1-7H3,(H,32,37)/t23?,24?,25-,28-,29?,30+/m1/s1. The van der Waals surface area contributed by atoms with E-state index < -0.39 is 41.5 Å². The normalized spacial score (nSPS) is 34.4. The molecule has 5 N–H and O–H groups in total. The van der Waals surface area contributed by atoms with Crippen LogP contribution in [0.15, 0.2) is 24.3 Å². The molecule has 0 aromatic heterocycles. The summed E-state index contributed by atoms with van der Waals surface area (Å²) in [6.45, 7) is 12.7. The molecular formula is C30H47BN4O5. The van der Waals surface area contributed by atoms with Gasteiger partial charge in [-0.05, 0) is 61.8 Å². The van der Waals surface area contributed by atoms with E-state index >= 15 is 0 Å². The predicted octanol–water partition coefficient (Wildman–Crippen LogP) is 1.40. The van der Waals surface area contributed by atoms with Crippen molar-refractivity contribution in [1.29, 1.82) is 0 Å². The highest BCUT2D eigenvalue weighted by Crippen LogP contribution is 2.67. The Morgan fingerprint density at radius 3 is 2.60 bits per heavy atom. The van der Waals surface area contributed by atoms with Gasteiger partial charge in [0.05, 0.1) is 13.2 Å². The van der Waals surface area contributed by atoms with E-state index in [0.29, 0.717) is 25.9 Å². The number of hydrogen-bond donors (Lipinski definition) is 5. The number of methoxy groups -OCH3 is 1. The maximum Gasteiger partial charge on any atom is 0.373 e.